The molecule has 0 fully saturated rings. The highest BCUT2D eigenvalue weighted by Crippen LogP contribution is 2.38. The number of para-hydroxylation sites is 2. The summed E-state index contributed by atoms with van der Waals surface area (Å²) in [7, 11) is 0. The fourth-order valence-corrected chi connectivity index (χ4v) is 4.13. The predicted molar refractivity (Wildman–Crippen MR) is 96.5 cm³/mol. The molecule has 1 heterocycles. The third-order valence-corrected chi connectivity index (χ3v) is 5.13. The molecule has 22 heavy (non-hydrogen) atoms. The first-order valence-electron chi connectivity index (χ1n) is 7.54. The van der Waals surface area contributed by atoms with E-state index >= 15 is 0 Å². The van der Waals surface area contributed by atoms with Gasteiger partial charge in [0.25, 0.3) is 0 Å². The van der Waals surface area contributed by atoms with Gasteiger partial charge in [0, 0.05) is 15.7 Å². The van der Waals surface area contributed by atoms with Gasteiger partial charge in [-0.1, -0.05) is 54.6 Å². The zero-order valence-electron chi connectivity index (χ0n) is 12.4. The van der Waals surface area contributed by atoms with Crippen LogP contribution in [0.4, 0.5) is 0 Å². The summed E-state index contributed by atoms with van der Waals surface area (Å²) < 4.78 is 2.45. The Morgan fingerprint density at radius 3 is 1.77 bits per heavy atom. The highest BCUT2D eigenvalue weighted by atomic mass is 32.2. The summed E-state index contributed by atoms with van der Waals surface area (Å²) in [5.74, 6) is 0. The second kappa shape index (κ2) is 5.54. The van der Waals surface area contributed by atoms with Crippen LogP contribution in [-0.2, 0) is 0 Å². The van der Waals surface area contributed by atoms with Crippen molar-refractivity contribution in [3.8, 4) is 0 Å². The summed E-state index contributed by atoms with van der Waals surface area (Å²) >= 11 is 1.89. The van der Waals surface area contributed by atoms with Crippen LogP contribution in [0.3, 0.4) is 0 Å². The van der Waals surface area contributed by atoms with E-state index in [0.29, 0.717) is 5.37 Å². The first kappa shape index (κ1) is 13.5. The molecule has 1 unspecified atom stereocenters. The van der Waals surface area contributed by atoms with Gasteiger partial charge >= 0.3 is 0 Å². The molecule has 4 aromatic rings. The zero-order chi connectivity index (χ0) is 14.9. The minimum absolute atomic E-state index is 0.340. The lowest BCUT2D eigenvalue weighted by Gasteiger charge is -2.16. The molecule has 0 spiro atoms. The van der Waals surface area contributed by atoms with Gasteiger partial charge in [0.1, 0.15) is 0 Å². The third kappa shape index (κ3) is 2.20. The summed E-state index contributed by atoms with van der Waals surface area (Å²) in [5.41, 5.74) is 2.61. The fourth-order valence-electron chi connectivity index (χ4n) is 3.09. The largest absolute Gasteiger partial charge is 0.328 e. The van der Waals surface area contributed by atoms with Gasteiger partial charge in [-0.05, 0) is 31.2 Å². The number of thioether (sulfide) groups is 1. The van der Waals surface area contributed by atoms with Crippen LogP contribution in [0, 0.1) is 0 Å². The molecule has 0 aliphatic rings. The molecule has 0 aliphatic carbocycles. The van der Waals surface area contributed by atoms with E-state index in [2.05, 4.69) is 90.4 Å². The Morgan fingerprint density at radius 2 is 1.18 bits per heavy atom. The zero-order valence-corrected chi connectivity index (χ0v) is 13.3. The first-order valence-corrected chi connectivity index (χ1v) is 8.42. The Balaban J connectivity index is 1.89. The molecule has 0 radical (unpaired) electrons. The normalized spacial score (nSPS) is 12.8. The maximum Gasteiger partial charge on any atom is 0.0818 e. The monoisotopic (exact) mass is 303 g/mol. The quantitative estimate of drug-likeness (QED) is 0.414. The van der Waals surface area contributed by atoms with Crippen molar-refractivity contribution in [3.63, 3.8) is 0 Å². The molecule has 108 valence electrons. The molecule has 0 amide bonds. The van der Waals surface area contributed by atoms with Crippen LogP contribution in [0.2, 0.25) is 0 Å². The Labute approximate surface area is 134 Å². The van der Waals surface area contributed by atoms with Crippen LogP contribution in [-0.4, -0.2) is 4.57 Å². The number of hydrogen-bond acceptors (Lipinski definition) is 1. The summed E-state index contributed by atoms with van der Waals surface area (Å²) in [5, 5.41) is 3.00. The van der Waals surface area contributed by atoms with Gasteiger partial charge in [-0.2, -0.15) is 0 Å². The smallest absolute Gasteiger partial charge is 0.0818 e. The SMILES string of the molecule is CC(Sc1ccccc1)n1c2ccccc2c2ccccc21. The fraction of sp³-hybridized carbons (Fsp3) is 0.100. The van der Waals surface area contributed by atoms with Crippen molar-refractivity contribution in [2.45, 2.75) is 17.2 Å². The average molecular weight is 303 g/mol. The predicted octanol–water partition coefficient (Wildman–Crippen LogP) is 6.11. The van der Waals surface area contributed by atoms with Gasteiger partial charge in [0.2, 0.25) is 0 Å². The van der Waals surface area contributed by atoms with Crippen molar-refractivity contribution < 1.29 is 0 Å². The van der Waals surface area contributed by atoms with E-state index in [9.17, 15) is 0 Å². The van der Waals surface area contributed by atoms with Crippen molar-refractivity contribution in [1.29, 1.82) is 0 Å². The molecule has 1 atom stereocenters. The van der Waals surface area contributed by atoms with Crippen molar-refractivity contribution in [2.75, 3.05) is 0 Å². The van der Waals surface area contributed by atoms with E-state index in [-0.39, 0.29) is 0 Å². The van der Waals surface area contributed by atoms with Crippen LogP contribution >= 0.6 is 11.8 Å². The number of hydrogen-bond donors (Lipinski definition) is 0. The maximum absolute atomic E-state index is 2.45. The third-order valence-electron chi connectivity index (χ3n) is 4.03. The molecule has 1 nitrogen and oxygen atoms in total. The van der Waals surface area contributed by atoms with E-state index in [1.54, 1.807) is 0 Å². The Bertz CT molecular complexity index is 871. The summed E-state index contributed by atoms with van der Waals surface area (Å²) in [6.07, 6.45) is 0. The number of rotatable bonds is 3. The number of fused-ring (bicyclic) bond motifs is 3. The minimum Gasteiger partial charge on any atom is -0.328 e. The number of nitrogens with zero attached hydrogens (tertiary/aromatic N) is 1. The van der Waals surface area contributed by atoms with E-state index in [0.717, 1.165) is 0 Å². The lowest BCUT2D eigenvalue weighted by molar-refractivity contribution is 0.800. The van der Waals surface area contributed by atoms with Crippen molar-refractivity contribution in [3.05, 3.63) is 78.9 Å². The van der Waals surface area contributed by atoms with Gasteiger partial charge in [0.15, 0.2) is 0 Å². The lowest BCUT2D eigenvalue weighted by Crippen LogP contribution is -2.00. The van der Waals surface area contributed by atoms with Crippen molar-refractivity contribution in [2.24, 2.45) is 0 Å². The topological polar surface area (TPSA) is 4.93 Å². The van der Waals surface area contributed by atoms with Crippen LogP contribution in [0.15, 0.2) is 83.8 Å². The minimum atomic E-state index is 0.340. The van der Waals surface area contributed by atoms with E-state index in [1.807, 2.05) is 11.8 Å². The highest BCUT2D eigenvalue weighted by Gasteiger charge is 2.15. The van der Waals surface area contributed by atoms with E-state index in [1.165, 1.54) is 26.7 Å². The van der Waals surface area contributed by atoms with Gasteiger partial charge in [0.05, 0.1) is 16.4 Å². The van der Waals surface area contributed by atoms with Crippen molar-refractivity contribution in [1.82, 2.24) is 4.57 Å². The first-order chi connectivity index (χ1) is 10.8. The second-order valence-corrected chi connectivity index (χ2v) is 6.82. The summed E-state index contributed by atoms with van der Waals surface area (Å²) in [6.45, 7) is 2.27. The van der Waals surface area contributed by atoms with Crippen LogP contribution in [0.1, 0.15) is 12.3 Å². The molecule has 4 rings (SSSR count). The standard InChI is InChI=1S/C20H17NS/c1-15(22-16-9-3-2-4-10-16)21-19-13-7-5-11-17(19)18-12-6-8-14-20(18)21/h2-15H,1H3. The van der Waals surface area contributed by atoms with Gasteiger partial charge in [-0.15, -0.1) is 11.8 Å². The van der Waals surface area contributed by atoms with E-state index < -0.39 is 0 Å². The van der Waals surface area contributed by atoms with Crippen molar-refractivity contribution >= 4 is 33.6 Å². The number of aromatic nitrogens is 1. The van der Waals surface area contributed by atoms with Crippen LogP contribution < -0.4 is 0 Å². The molecular formula is C20H17NS. The molecule has 0 bridgehead atoms. The highest BCUT2D eigenvalue weighted by molar-refractivity contribution is 7.99. The molecule has 1 aromatic heterocycles. The van der Waals surface area contributed by atoms with Crippen LogP contribution in [0.25, 0.3) is 21.8 Å². The van der Waals surface area contributed by atoms with Crippen LogP contribution in [0.5, 0.6) is 0 Å². The molecular weight excluding hydrogens is 286 g/mol. The molecule has 0 saturated carbocycles. The Hall–Kier alpha value is -2.19. The van der Waals surface area contributed by atoms with E-state index in [4.69, 9.17) is 0 Å². The summed E-state index contributed by atoms with van der Waals surface area (Å²) in [4.78, 5) is 1.30. The Kier molecular flexibility index (Phi) is 3.39. The molecule has 0 saturated heterocycles. The Morgan fingerprint density at radius 1 is 0.682 bits per heavy atom. The molecule has 2 heteroatoms. The molecule has 0 aliphatic heterocycles. The molecule has 3 aromatic carbocycles. The maximum atomic E-state index is 2.45. The van der Waals surface area contributed by atoms with Gasteiger partial charge in [-0.25, -0.2) is 0 Å². The van der Waals surface area contributed by atoms with Gasteiger partial charge in [-0.3, -0.25) is 0 Å². The molecule has 0 N–H and O–H groups in total. The number of benzene rings is 3. The average Bonchev–Trinajstić information content (AvgIpc) is 2.90. The second-order valence-electron chi connectivity index (χ2n) is 5.43. The lowest BCUT2D eigenvalue weighted by atomic mass is 10.2. The van der Waals surface area contributed by atoms with Gasteiger partial charge < -0.3 is 4.57 Å². The summed E-state index contributed by atoms with van der Waals surface area (Å²) in [6, 6.07) is 28.0.